The van der Waals surface area contributed by atoms with Gasteiger partial charge in [0.25, 0.3) is 0 Å². The maximum Gasteiger partial charge on any atom is 0.307 e. The Labute approximate surface area is 166 Å². The van der Waals surface area contributed by atoms with Gasteiger partial charge in [-0.05, 0) is 25.6 Å². The summed E-state index contributed by atoms with van der Waals surface area (Å²) in [5.74, 6) is -0.725. The summed E-state index contributed by atoms with van der Waals surface area (Å²) >= 11 is 0. The van der Waals surface area contributed by atoms with Crippen molar-refractivity contribution in [2.24, 2.45) is 0 Å². The molecule has 0 spiro atoms. The maximum absolute atomic E-state index is 12.1. The normalized spacial score (nSPS) is 11.5. The molecule has 1 aromatic rings. The molecule has 0 saturated heterocycles. The van der Waals surface area contributed by atoms with Gasteiger partial charge in [-0.1, -0.05) is 37.3 Å². The monoisotopic (exact) mass is 392 g/mol. The summed E-state index contributed by atoms with van der Waals surface area (Å²) in [5, 5.41) is 11.5. The standard InChI is InChI=1S/C20H32N4O4/c1-3-11-22-17(14-21-2)20(27)24-12-9-18(25)23-13-10-19(26)28-15-16-7-5-4-6-8-16/h4-8,17,21-22H,3,9-15H2,1-2H3,(H,23,25)(H,24,27). The van der Waals surface area contributed by atoms with Crippen LogP contribution >= 0.6 is 0 Å². The highest BCUT2D eigenvalue weighted by Crippen LogP contribution is 2.01. The van der Waals surface area contributed by atoms with Crippen molar-refractivity contribution in [2.45, 2.75) is 38.8 Å². The second kappa shape index (κ2) is 14.6. The summed E-state index contributed by atoms with van der Waals surface area (Å²) < 4.78 is 5.14. The van der Waals surface area contributed by atoms with Gasteiger partial charge in [0.1, 0.15) is 6.61 Å². The van der Waals surface area contributed by atoms with Crippen LogP contribution in [0.2, 0.25) is 0 Å². The Morgan fingerprint density at radius 1 is 1.00 bits per heavy atom. The van der Waals surface area contributed by atoms with E-state index in [2.05, 4.69) is 21.3 Å². The lowest BCUT2D eigenvalue weighted by atomic mass is 10.2. The van der Waals surface area contributed by atoms with Crippen molar-refractivity contribution >= 4 is 17.8 Å². The van der Waals surface area contributed by atoms with Gasteiger partial charge in [-0.3, -0.25) is 14.4 Å². The summed E-state index contributed by atoms with van der Waals surface area (Å²) in [7, 11) is 1.78. The lowest BCUT2D eigenvalue weighted by Crippen LogP contribution is -2.50. The molecular formula is C20H32N4O4. The second-order valence-corrected chi connectivity index (χ2v) is 6.35. The molecule has 8 nitrogen and oxygen atoms in total. The first-order valence-electron chi connectivity index (χ1n) is 9.68. The molecule has 0 heterocycles. The van der Waals surface area contributed by atoms with Gasteiger partial charge in [-0.2, -0.15) is 0 Å². The first kappa shape index (κ1) is 23.6. The van der Waals surface area contributed by atoms with Crippen LogP contribution in [0.3, 0.4) is 0 Å². The minimum atomic E-state index is -0.366. The van der Waals surface area contributed by atoms with E-state index in [1.807, 2.05) is 37.3 Å². The third-order valence-electron chi connectivity index (χ3n) is 3.91. The minimum absolute atomic E-state index is 0.107. The molecule has 1 aromatic carbocycles. The molecule has 156 valence electrons. The zero-order chi connectivity index (χ0) is 20.6. The van der Waals surface area contributed by atoms with E-state index in [0.717, 1.165) is 18.5 Å². The van der Waals surface area contributed by atoms with Gasteiger partial charge in [0, 0.05) is 26.1 Å². The molecule has 0 aromatic heterocycles. The van der Waals surface area contributed by atoms with Crippen LogP contribution in [0.15, 0.2) is 30.3 Å². The van der Waals surface area contributed by atoms with Crippen LogP contribution in [-0.2, 0) is 25.7 Å². The van der Waals surface area contributed by atoms with Crippen molar-refractivity contribution in [1.29, 1.82) is 0 Å². The summed E-state index contributed by atoms with van der Waals surface area (Å²) in [6, 6.07) is 9.08. The molecular weight excluding hydrogens is 360 g/mol. The van der Waals surface area contributed by atoms with Crippen molar-refractivity contribution in [3.8, 4) is 0 Å². The number of carbonyl (C=O) groups is 3. The molecule has 0 fully saturated rings. The van der Waals surface area contributed by atoms with E-state index >= 15 is 0 Å². The number of carbonyl (C=O) groups excluding carboxylic acids is 3. The van der Waals surface area contributed by atoms with E-state index in [1.54, 1.807) is 7.05 Å². The molecule has 28 heavy (non-hydrogen) atoms. The van der Waals surface area contributed by atoms with Crippen LogP contribution in [0.4, 0.5) is 0 Å². The molecule has 0 aliphatic carbocycles. The summed E-state index contributed by atoms with van der Waals surface area (Å²) in [5.41, 5.74) is 0.917. The largest absolute Gasteiger partial charge is 0.461 e. The summed E-state index contributed by atoms with van der Waals surface area (Å²) in [6.07, 6.45) is 1.20. The van der Waals surface area contributed by atoms with Gasteiger partial charge >= 0.3 is 5.97 Å². The quantitative estimate of drug-likeness (QED) is 0.340. The van der Waals surface area contributed by atoms with Crippen molar-refractivity contribution in [1.82, 2.24) is 21.3 Å². The number of hydrogen-bond acceptors (Lipinski definition) is 6. The van der Waals surface area contributed by atoms with E-state index in [9.17, 15) is 14.4 Å². The molecule has 0 saturated carbocycles. The topological polar surface area (TPSA) is 109 Å². The number of rotatable bonds is 14. The SMILES string of the molecule is CCCNC(CNC)C(=O)NCCC(=O)NCCC(=O)OCc1ccccc1. The fourth-order valence-electron chi connectivity index (χ4n) is 2.41. The van der Waals surface area contributed by atoms with E-state index in [-0.39, 0.29) is 56.4 Å². The number of benzene rings is 1. The molecule has 0 bridgehead atoms. The highest BCUT2D eigenvalue weighted by molar-refractivity contribution is 5.83. The number of ether oxygens (including phenoxy) is 1. The molecule has 4 N–H and O–H groups in total. The van der Waals surface area contributed by atoms with Crippen molar-refractivity contribution in [3.63, 3.8) is 0 Å². The van der Waals surface area contributed by atoms with Crippen LogP contribution in [0, 0.1) is 0 Å². The lowest BCUT2D eigenvalue weighted by molar-refractivity contribution is -0.144. The fourth-order valence-corrected chi connectivity index (χ4v) is 2.41. The minimum Gasteiger partial charge on any atom is -0.461 e. The van der Waals surface area contributed by atoms with E-state index in [4.69, 9.17) is 4.74 Å². The first-order valence-corrected chi connectivity index (χ1v) is 9.68. The van der Waals surface area contributed by atoms with Gasteiger partial charge in [-0.15, -0.1) is 0 Å². The van der Waals surface area contributed by atoms with Crippen LogP contribution < -0.4 is 21.3 Å². The van der Waals surface area contributed by atoms with Gasteiger partial charge in [-0.25, -0.2) is 0 Å². The van der Waals surface area contributed by atoms with E-state index in [1.165, 1.54) is 0 Å². The Bertz CT molecular complexity index is 595. The fraction of sp³-hybridized carbons (Fsp3) is 0.550. The van der Waals surface area contributed by atoms with Gasteiger partial charge in [0.15, 0.2) is 0 Å². The van der Waals surface area contributed by atoms with E-state index < -0.39 is 0 Å². The van der Waals surface area contributed by atoms with Crippen LogP contribution in [0.5, 0.6) is 0 Å². The zero-order valence-electron chi connectivity index (χ0n) is 16.8. The Kier molecular flexibility index (Phi) is 12.3. The van der Waals surface area contributed by atoms with Crippen LogP contribution in [0.1, 0.15) is 31.7 Å². The lowest BCUT2D eigenvalue weighted by Gasteiger charge is -2.17. The zero-order valence-corrected chi connectivity index (χ0v) is 16.8. The maximum atomic E-state index is 12.1. The number of nitrogens with one attached hydrogen (secondary N) is 4. The van der Waals surface area contributed by atoms with Crippen LogP contribution in [-0.4, -0.2) is 57.1 Å². The second-order valence-electron chi connectivity index (χ2n) is 6.35. The predicted octanol–water partition coefficient (Wildman–Crippen LogP) is 0.330. The highest BCUT2D eigenvalue weighted by atomic mass is 16.5. The van der Waals surface area contributed by atoms with Gasteiger partial charge in [0.2, 0.25) is 11.8 Å². The van der Waals surface area contributed by atoms with Crippen molar-refractivity contribution < 1.29 is 19.1 Å². The number of likely N-dealkylation sites (N-methyl/N-ethyl adjacent to an activating group) is 1. The molecule has 0 aliphatic rings. The highest BCUT2D eigenvalue weighted by Gasteiger charge is 2.16. The molecule has 1 unspecified atom stereocenters. The van der Waals surface area contributed by atoms with Crippen molar-refractivity contribution in [2.75, 3.05) is 33.2 Å². The Morgan fingerprint density at radius 3 is 2.39 bits per heavy atom. The average molecular weight is 393 g/mol. The number of amides is 2. The molecule has 1 atom stereocenters. The first-order chi connectivity index (χ1) is 13.6. The van der Waals surface area contributed by atoms with Gasteiger partial charge in [0.05, 0.1) is 12.5 Å². The van der Waals surface area contributed by atoms with Gasteiger partial charge < -0.3 is 26.0 Å². The number of hydrogen-bond donors (Lipinski definition) is 4. The Balaban J connectivity index is 2.13. The molecule has 1 rings (SSSR count). The molecule has 0 radical (unpaired) electrons. The third kappa shape index (κ3) is 10.6. The van der Waals surface area contributed by atoms with E-state index in [0.29, 0.717) is 6.54 Å². The summed E-state index contributed by atoms with van der Waals surface area (Å²) in [6.45, 7) is 3.98. The summed E-state index contributed by atoms with van der Waals surface area (Å²) in [4.78, 5) is 35.6. The van der Waals surface area contributed by atoms with Crippen molar-refractivity contribution in [3.05, 3.63) is 35.9 Å². The predicted molar refractivity (Wildman–Crippen MR) is 107 cm³/mol. The Morgan fingerprint density at radius 2 is 1.71 bits per heavy atom. The Hall–Kier alpha value is -2.45. The molecule has 0 aliphatic heterocycles. The molecule has 8 heteroatoms. The smallest absolute Gasteiger partial charge is 0.307 e. The third-order valence-corrected chi connectivity index (χ3v) is 3.91. The average Bonchev–Trinajstić information content (AvgIpc) is 2.70. The number of esters is 1. The van der Waals surface area contributed by atoms with Crippen LogP contribution in [0.25, 0.3) is 0 Å². The molecule has 2 amide bonds.